The van der Waals surface area contributed by atoms with E-state index in [2.05, 4.69) is 26.3 Å². The van der Waals surface area contributed by atoms with E-state index in [9.17, 15) is 9.59 Å². The van der Waals surface area contributed by atoms with Crippen LogP contribution < -0.4 is 0 Å². The fourth-order valence-corrected chi connectivity index (χ4v) is 2.62. The van der Waals surface area contributed by atoms with Crippen LogP contribution in [0, 0.1) is 5.41 Å². The normalized spacial score (nSPS) is 15.3. The topological polar surface area (TPSA) is 89.5 Å². The van der Waals surface area contributed by atoms with Crippen LogP contribution in [0.5, 0.6) is 0 Å². The van der Waals surface area contributed by atoms with Gasteiger partial charge in [0.2, 0.25) is 0 Å². The number of ether oxygens (including phenoxy) is 6. The SMILES string of the molecule is C=CC(=C)OC(C)COC(C)COC(C)COCC(CC)(COCC(=O)C=C)COC(=O)C=C. The molecule has 8 heteroatoms. The first-order valence-corrected chi connectivity index (χ1v) is 11.4. The van der Waals surface area contributed by atoms with E-state index >= 15 is 0 Å². The molecule has 0 N–H and O–H groups in total. The number of carbonyl (C=O) groups is 2. The van der Waals surface area contributed by atoms with E-state index in [1.807, 2.05) is 27.7 Å². The van der Waals surface area contributed by atoms with E-state index in [0.717, 1.165) is 6.08 Å². The predicted octanol–water partition coefficient (Wildman–Crippen LogP) is 3.82. The molecule has 0 fully saturated rings. The molecule has 0 aromatic rings. The molecule has 0 saturated heterocycles. The van der Waals surface area contributed by atoms with Crippen molar-refractivity contribution >= 4 is 11.8 Å². The minimum atomic E-state index is -0.609. The molecule has 194 valence electrons. The Morgan fingerprint density at radius 2 is 1.41 bits per heavy atom. The zero-order valence-electron chi connectivity index (χ0n) is 21.2. The summed E-state index contributed by atoms with van der Waals surface area (Å²) in [5.41, 5.74) is -0.609. The Bertz CT molecular complexity index is 659. The highest BCUT2D eigenvalue weighted by molar-refractivity contribution is 5.90. The van der Waals surface area contributed by atoms with Crippen molar-refractivity contribution in [1.82, 2.24) is 0 Å². The minimum Gasteiger partial charge on any atom is -0.489 e. The second kappa shape index (κ2) is 18.1. The van der Waals surface area contributed by atoms with Crippen LogP contribution in [-0.2, 0) is 38.0 Å². The summed E-state index contributed by atoms with van der Waals surface area (Å²) in [6, 6.07) is 0. The Morgan fingerprint density at radius 1 is 0.824 bits per heavy atom. The molecule has 4 unspecified atom stereocenters. The van der Waals surface area contributed by atoms with E-state index in [1.54, 1.807) is 6.08 Å². The van der Waals surface area contributed by atoms with Gasteiger partial charge >= 0.3 is 5.97 Å². The zero-order valence-corrected chi connectivity index (χ0v) is 21.2. The molecule has 0 saturated carbocycles. The summed E-state index contributed by atoms with van der Waals surface area (Å²) in [7, 11) is 0. The smallest absolute Gasteiger partial charge is 0.330 e. The van der Waals surface area contributed by atoms with Gasteiger partial charge in [0, 0.05) is 6.08 Å². The van der Waals surface area contributed by atoms with Crippen molar-refractivity contribution in [2.45, 2.75) is 52.4 Å². The van der Waals surface area contributed by atoms with E-state index in [1.165, 1.54) is 6.08 Å². The summed E-state index contributed by atoms with van der Waals surface area (Å²) < 4.78 is 33.7. The third-order valence-corrected chi connectivity index (χ3v) is 4.89. The Morgan fingerprint density at radius 3 is 1.97 bits per heavy atom. The molecule has 0 rings (SSSR count). The molecule has 0 aliphatic carbocycles. The van der Waals surface area contributed by atoms with Crippen molar-refractivity contribution < 1.29 is 38.0 Å². The first kappa shape index (κ1) is 31.7. The zero-order chi connectivity index (χ0) is 26.0. The molecule has 0 radical (unpaired) electrons. The lowest BCUT2D eigenvalue weighted by atomic mass is 9.88. The molecule has 8 nitrogen and oxygen atoms in total. The van der Waals surface area contributed by atoms with Crippen LogP contribution in [0.3, 0.4) is 0 Å². The molecule has 0 aromatic heterocycles. The molecule has 0 bridgehead atoms. The largest absolute Gasteiger partial charge is 0.489 e. The second-order valence-corrected chi connectivity index (χ2v) is 8.23. The van der Waals surface area contributed by atoms with Gasteiger partial charge in [-0.05, 0) is 39.3 Å². The molecule has 0 spiro atoms. The van der Waals surface area contributed by atoms with Gasteiger partial charge in [0.25, 0.3) is 0 Å². The van der Waals surface area contributed by atoms with Crippen molar-refractivity contribution in [1.29, 1.82) is 0 Å². The Kier molecular flexibility index (Phi) is 16.9. The molecule has 0 aliphatic heterocycles. The number of allylic oxidation sites excluding steroid dienone is 1. The summed E-state index contributed by atoms with van der Waals surface area (Å²) in [5, 5.41) is 0. The van der Waals surface area contributed by atoms with Gasteiger partial charge in [-0.15, -0.1) is 0 Å². The average molecular weight is 483 g/mol. The highest BCUT2D eigenvalue weighted by Crippen LogP contribution is 2.24. The van der Waals surface area contributed by atoms with E-state index in [4.69, 9.17) is 28.4 Å². The van der Waals surface area contributed by atoms with Crippen molar-refractivity contribution in [2.75, 3.05) is 46.2 Å². The Hall–Kier alpha value is -2.26. The van der Waals surface area contributed by atoms with Crippen molar-refractivity contribution in [3.8, 4) is 0 Å². The van der Waals surface area contributed by atoms with Gasteiger partial charge in [0.05, 0.1) is 50.7 Å². The lowest BCUT2D eigenvalue weighted by Crippen LogP contribution is -2.39. The quantitative estimate of drug-likeness (QED) is 0.0996. The lowest BCUT2D eigenvalue weighted by molar-refractivity contribution is -0.148. The fourth-order valence-electron chi connectivity index (χ4n) is 2.62. The number of ketones is 1. The third-order valence-electron chi connectivity index (χ3n) is 4.89. The molecule has 34 heavy (non-hydrogen) atoms. The van der Waals surface area contributed by atoms with Gasteiger partial charge in [-0.3, -0.25) is 4.79 Å². The summed E-state index contributed by atoms with van der Waals surface area (Å²) in [5.74, 6) is -0.246. The van der Waals surface area contributed by atoms with E-state index in [-0.39, 0.29) is 50.5 Å². The maximum absolute atomic E-state index is 11.6. The van der Waals surface area contributed by atoms with Crippen LogP contribution in [0.4, 0.5) is 0 Å². The number of rotatable bonds is 22. The number of hydrogen-bond donors (Lipinski definition) is 0. The highest BCUT2D eigenvalue weighted by atomic mass is 16.6. The van der Waals surface area contributed by atoms with Crippen LogP contribution in [0.2, 0.25) is 0 Å². The maximum Gasteiger partial charge on any atom is 0.330 e. The van der Waals surface area contributed by atoms with Crippen molar-refractivity contribution in [3.05, 3.63) is 50.3 Å². The fraction of sp³-hybridized carbons (Fsp3) is 0.615. The van der Waals surface area contributed by atoms with E-state index < -0.39 is 11.4 Å². The minimum absolute atomic E-state index is 0.0786. The van der Waals surface area contributed by atoms with Crippen LogP contribution in [0.15, 0.2) is 50.3 Å². The average Bonchev–Trinajstić information content (AvgIpc) is 2.83. The van der Waals surface area contributed by atoms with Crippen molar-refractivity contribution in [2.24, 2.45) is 5.41 Å². The van der Waals surface area contributed by atoms with Gasteiger partial charge < -0.3 is 28.4 Å². The number of hydrogen-bond acceptors (Lipinski definition) is 8. The Balaban J connectivity index is 4.54. The molecule has 4 atom stereocenters. The predicted molar refractivity (Wildman–Crippen MR) is 131 cm³/mol. The molecule has 0 heterocycles. The lowest BCUT2D eigenvalue weighted by Gasteiger charge is -2.32. The third kappa shape index (κ3) is 14.8. The van der Waals surface area contributed by atoms with Crippen LogP contribution in [0.25, 0.3) is 0 Å². The second-order valence-electron chi connectivity index (χ2n) is 8.23. The van der Waals surface area contributed by atoms with Gasteiger partial charge in [0.15, 0.2) is 5.78 Å². The van der Waals surface area contributed by atoms with Gasteiger partial charge in [0.1, 0.15) is 25.1 Å². The van der Waals surface area contributed by atoms with Crippen molar-refractivity contribution in [3.63, 3.8) is 0 Å². The summed E-state index contributed by atoms with van der Waals surface area (Å²) in [6.45, 7) is 23.4. The van der Waals surface area contributed by atoms with Gasteiger partial charge in [-0.25, -0.2) is 4.79 Å². The maximum atomic E-state index is 11.6. The number of carbonyl (C=O) groups excluding carboxylic acids is 2. The number of esters is 1. The van der Waals surface area contributed by atoms with Crippen LogP contribution in [-0.4, -0.2) is 76.3 Å². The molecule has 0 aliphatic rings. The summed E-state index contributed by atoms with van der Waals surface area (Å²) in [6.07, 6.45) is 4.01. The standard InChI is InChI=1S/C26H42O8/c1-9-20(5)34-23(8)15-32-22(7)14-31-21(6)13-29-17-26(12-4,19-33-25(28)11-3)18-30-16-24(27)10-2/h9-11,21-23H,1-3,5,12-19H2,4,6-8H3. The highest BCUT2D eigenvalue weighted by Gasteiger charge is 2.31. The van der Waals surface area contributed by atoms with Gasteiger partial charge in [-0.1, -0.05) is 33.2 Å². The monoisotopic (exact) mass is 482 g/mol. The summed E-state index contributed by atoms with van der Waals surface area (Å²) >= 11 is 0. The molecular weight excluding hydrogens is 440 g/mol. The summed E-state index contributed by atoms with van der Waals surface area (Å²) in [4.78, 5) is 23.0. The molecular formula is C26H42O8. The first-order valence-electron chi connectivity index (χ1n) is 11.4. The van der Waals surface area contributed by atoms with E-state index in [0.29, 0.717) is 32.0 Å². The molecule has 0 amide bonds. The van der Waals surface area contributed by atoms with Crippen LogP contribution >= 0.6 is 0 Å². The molecule has 0 aromatic carbocycles. The first-order chi connectivity index (χ1) is 16.1. The van der Waals surface area contributed by atoms with Gasteiger partial charge in [-0.2, -0.15) is 0 Å². The Labute approximate surface area is 204 Å². The van der Waals surface area contributed by atoms with Crippen LogP contribution in [0.1, 0.15) is 34.1 Å².